The predicted octanol–water partition coefficient (Wildman–Crippen LogP) is 5.66. The predicted molar refractivity (Wildman–Crippen MR) is 130 cm³/mol. The average molecular weight is 500 g/mol. The zero-order chi connectivity index (χ0) is 23.7. The molecule has 2 heterocycles. The van der Waals surface area contributed by atoms with Crippen LogP contribution in [0.3, 0.4) is 0 Å². The Morgan fingerprint density at radius 2 is 1.91 bits per heavy atom. The molecule has 1 saturated carbocycles. The number of alkyl halides is 2. The van der Waals surface area contributed by atoms with E-state index in [1.165, 1.54) is 47.4 Å². The first kappa shape index (κ1) is 22.5. The molecule has 1 amide bonds. The highest BCUT2D eigenvalue weighted by molar-refractivity contribution is 7.99. The van der Waals surface area contributed by atoms with Crippen molar-refractivity contribution in [1.29, 1.82) is 0 Å². The zero-order valence-corrected chi connectivity index (χ0v) is 19.4. The minimum atomic E-state index is -2.91. The van der Waals surface area contributed by atoms with Crippen LogP contribution in [-0.2, 0) is 4.79 Å². The minimum absolute atomic E-state index is 0.00766. The quantitative estimate of drug-likeness (QED) is 0.250. The number of nitrogens with one attached hydrogen (secondary N) is 1. The van der Waals surface area contributed by atoms with Gasteiger partial charge in [-0.05, 0) is 66.1 Å². The molecule has 2 aromatic heterocycles. The van der Waals surface area contributed by atoms with Crippen LogP contribution in [0.4, 0.5) is 14.5 Å². The van der Waals surface area contributed by atoms with Crippen molar-refractivity contribution >= 4 is 44.9 Å². The SMILES string of the molecule is O=C(CSc1nc2scc(C3CC3)c2c(=O)n1-c1ccccc1)Nc1ccc(OC(F)F)cc1. The largest absolute Gasteiger partial charge is 0.435 e. The lowest BCUT2D eigenvalue weighted by atomic mass is 10.1. The van der Waals surface area contributed by atoms with Crippen LogP contribution in [0.2, 0.25) is 0 Å². The number of hydrogen-bond acceptors (Lipinski definition) is 6. The van der Waals surface area contributed by atoms with Crippen molar-refractivity contribution < 1.29 is 18.3 Å². The van der Waals surface area contributed by atoms with Crippen molar-refractivity contribution in [2.75, 3.05) is 11.1 Å². The van der Waals surface area contributed by atoms with Gasteiger partial charge in [0.2, 0.25) is 5.91 Å². The fourth-order valence-corrected chi connectivity index (χ4v) is 5.51. The summed E-state index contributed by atoms with van der Waals surface area (Å²) in [6.07, 6.45) is 2.17. The highest BCUT2D eigenvalue weighted by atomic mass is 32.2. The van der Waals surface area contributed by atoms with Gasteiger partial charge in [-0.25, -0.2) is 4.98 Å². The molecule has 0 saturated heterocycles. The molecule has 0 spiro atoms. The summed E-state index contributed by atoms with van der Waals surface area (Å²) < 4.78 is 30.5. The van der Waals surface area contributed by atoms with Gasteiger partial charge in [0.15, 0.2) is 5.16 Å². The van der Waals surface area contributed by atoms with Crippen LogP contribution in [0.25, 0.3) is 15.9 Å². The number of aromatic nitrogens is 2. The van der Waals surface area contributed by atoms with Crippen LogP contribution < -0.4 is 15.6 Å². The smallest absolute Gasteiger partial charge is 0.387 e. The number of ether oxygens (including phenoxy) is 1. The van der Waals surface area contributed by atoms with E-state index in [1.54, 1.807) is 4.57 Å². The summed E-state index contributed by atoms with van der Waals surface area (Å²) in [5, 5.41) is 5.84. The van der Waals surface area contributed by atoms with Gasteiger partial charge in [-0.1, -0.05) is 30.0 Å². The highest BCUT2D eigenvalue weighted by Gasteiger charge is 2.29. The molecule has 1 aliphatic rings. The van der Waals surface area contributed by atoms with Crippen molar-refractivity contribution in [3.05, 3.63) is 75.9 Å². The molecule has 0 aliphatic heterocycles. The van der Waals surface area contributed by atoms with Gasteiger partial charge >= 0.3 is 6.61 Å². The number of para-hydroxylation sites is 1. The van der Waals surface area contributed by atoms with Gasteiger partial charge in [-0.2, -0.15) is 8.78 Å². The second-order valence-electron chi connectivity index (χ2n) is 7.76. The fraction of sp³-hybridized carbons (Fsp3) is 0.208. The molecule has 34 heavy (non-hydrogen) atoms. The number of hydrogen-bond donors (Lipinski definition) is 1. The summed E-state index contributed by atoms with van der Waals surface area (Å²) >= 11 is 2.62. The standard InChI is InChI=1S/C24H19F2N3O3S2/c25-23(26)32-17-10-8-15(9-11-17)27-19(30)13-34-24-28-21-20(18(12-33-21)14-6-7-14)22(31)29(24)16-4-2-1-3-5-16/h1-5,8-12,14,23H,6-7,13H2,(H,27,30). The van der Waals surface area contributed by atoms with Crippen LogP contribution in [0, 0.1) is 0 Å². The Bertz CT molecular complexity index is 1380. The third-order valence-electron chi connectivity index (χ3n) is 5.33. The number of nitrogens with zero attached hydrogens (tertiary/aromatic N) is 2. The van der Waals surface area contributed by atoms with Crippen LogP contribution in [0.15, 0.2) is 69.9 Å². The lowest BCUT2D eigenvalue weighted by Gasteiger charge is -2.13. The maximum Gasteiger partial charge on any atom is 0.387 e. The van der Waals surface area contributed by atoms with E-state index in [0.29, 0.717) is 32.7 Å². The highest BCUT2D eigenvalue weighted by Crippen LogP contribution is 2.44. The van der Waals surface area contributed by atoms with E-state index in [-0.39, 0.29) is 23.0 Å². The molecule has 1 N–H and O–H groups in total. The molecule has 174 valence electrons. The van der Waals surface area contributed by atoms with Crippen molar-refractivity contribution in [2.45, 2.75) is 30.5 Å². The molecule has 10 heteroatoms. The fourth-order valence-electron chi connectivity index (χ4n) is 3.64. The van der Waals surface area contributed by atoms with E-state index in [0.717, 1.165) is 18.4 Å². The molecule has 1 aliphatic carbocycles. The van der Waals surface area contributed by atoms with Crippen molar-refractivity contribution in [3.8, 4) is 11.4 Å². The lowest BCUT2D eigenvalue weighted by Crippen LogP contribution is -2.23. The zero-order valence-electron chi connectivity index (χ0n) is 17.7. The molecule has 6 nitrogen and oxygen atoms in total. The summed E-state index contributed by atoms with van der Waals surface area (Å²) in [5.74, 6) is 0.134. The summed E-state index contributed by atoms with van der Waals surface area (Å²) in [4.78, 5) is 31.5. The van der Waals surface area contributed by atoms with E-state index in [4.69, 9.17) is 4.98 Å². The van der Waals surface area contributed by atoms with Crippen molar-refractivity contribution in [3.63, 3.8) is 0 Å². The van der Waals surface area contributed by atoms with Crippen LogP contribution in [0.5, 0.6) is 5.75 Å². The molecule has 2 aromatic carbocycles. The average Bonchev–Trinajstić information content (AvgIpc) is 3.58. The van der Waals surface area contributed by atoms with E-state index >= 15 is 0 Å². The Balaban J connectivity index is 1.39. The van der Waals surface area contributed by atoms with Crippen molar-refractivity contribution in [1.82, 2.24) is 9.55 Å². The van der Waals surface area contributed by atoms with Gasteiger partial charge in [0.1, 0.15) is 10.6 Å². The van der Waals surface area contributed by atoms with Gasteiger partial charge in [0.25, 0.3) is 5.56 Å². The van der Waals surface area contributed by atoms with E-state index in [2.05, 4.69) is 10.1 Å². The molecule has 0 bridgehead atoms. The number of halogens is 2. The van der Waals surface area contributed by atoms with Gasteiger partial charge in [-0.3, -0.25) is 14.2 Å². The normalized spacial score (nSPS) is 13.4. The van der Waals surface area contributed by atoms with Crippen LogP contribution >= 0.6 is 23.1 Å². The molecule has 0 unspecified atom stereocenters. The van der Waals surface area contributed by atoms with E-state index in [1.807, 2.05) is 35.7 Å². The number of carbonyl (C=O) groups excluding carboxylic acids is 1. The molecular weight excluding hydrogens is 480 g/mol. The molecule has 4 aromatic rings. The summed E-state index contributed by atoms with van der Waals surface area (Å²) in [6.45, 7) is -2.91. The first-order valence-corrected chi connectivity index (χ1v) is 12.4. The van der Waals surface area contributed by atoms with Gasteiger partial charge < -0.3 is 10.1 Å². The Morgan fingerprint density at radius 3 is 2.59 bits per heavy atom. The molecular formula is C24H19F2N3O3S2. The number of rotatable bonds is 8. The number of anilines is 1. The number of benzene rings is 2. The van der Waals surface area contributed by atoms with E-state index < -0.39 is 6.61 Å². The summed E-state index contributed by atoms with van der Waals surface area (Å²) in [5.41, 5.74) is 2.07. The van der Waals surface area contributed by atoms with Gasteiger partial charge in [0.05, 0.1) is 16.8 Å². The third kappa shape index (κ3) is 4.83. The van der Waals surface area contributed by atoms with Crippen LogP contribution in [-0.4, -0.2) is 27.8 Å². The molecule has 5 rings (SSSR count). The van der Waals surface area contributed by atoms with Crippen LogP contribution in [0.1, 0.15) is 24.3 Å². The molecule has 1 fully saturated rings. The number of fused-ring (bicyclic) bond motifs is 1. The second-order valence-corrected chi connectivity index (χ2v) is 9.56. The maximum atomic E-state index is 13.6. The topological polar surface area (TPSA) is 73.2 Å². The lowest BCUT2D eigenvalue weighted by molar-refractivity contribution is -0.113. The Labute approximate surface area is 201 Å². The van der Waals surface area contributed by atoms with E-state index in [9.17, 15) is 18.4 Å². The Morgan fingerprint density at radius 1 is 1.18 bits per heavy atom. The van der Waals surface area contributed by atoms with Crippen molar-refractivity contribution in [2.24, 2.45) is 0 Å². The monoisotopic (exact) mass is 499 g/mol. The Hall–Kier alpha value is -3.24. The summed E-state index contributed by atoms with van der Waals surface area (Å²) in [6, 6.07) is 14.9. The third-order valence-corrected chi connectivity index (χ3v) is 7.16. The second kappa shape index (κ2) is 9.55. The van der Waals surface area contributed by atoms with Gasteiger partial charge in [0, 0.05) is 5.69 Å². The Kier molecular flexibility index (Phi) is 6.34. The minimum Gasteiger partial charge on any atom is -0.435 e. The number of carbonyl (C=O) groups is 1. The number of thioether (sulfide) groups is 1. The number of thiophene rings is 1. The molecule has 0 atom stereocenters. The number of amides is 1. The first-order valence-electron chi connectivity index (χ1n) is 10.6. The summed E-state index contributed by atoms with van der Waals surface area (Å²) in [7, 11) is 0. The molecule has 0 radical (unpaired) electrons. The van der Waals surface area contributed by atoms with Gasteiger partial charge in [-0.15, -0.1) is 11.3 Å². The first-order chi connectivity index (χ1) is 16.5. The maximum absolute atomic E-state index is 13.6.